The zero-order chi connectivity index (χ0) is 20.4. The lowest BCUT2D eigenvalue weighted by atomic mass is 10.1. The number of para-hydroxylation sites is 1. The van der Waals surface area contributed by atoms with E-state index in [2.05, 4.69) is 15.6 Å². The summed E-state index contributed by atoms with van der Waals surface area (Å²) in [4.78, 5) is 12.7. The number of hydrogen-bond acceptors (Lipinski definition) is 3. The quantitative estimate of drug-likeness (QED) is 0.493. The molecule has 1 amide bonds. The zero-order valence-corrected chi connectivity index (χ0v) is 16.8. The smallest absolute Gasteiger partial charge is 0.255 e. The van der Waals surface area contributed by atoms with Crippen LogP contribution in [0.5, 0.6) is 0 Å². The third-order valence-corrected chi connectivity index (χ3v) is 5.03. The molecule has 6 heteroatoms. The van der Waals surface area contributed by atoms with E-state index in [4.69, 9.17) is 11.6 Å². The van der Waals surface area contributed by atoms with Gasteiger partial charge in [0, 0.05) is 21.8 Å². The monoisotopic (exact) mass is 402 g/mol. The van der Waals surface area contributed by atoms with Gasteiger partial charge in [-0.15, -0.1) is 5.10 Å². The van der Waals surface area contributed by atoms with Gasteiger partial charge in [0.15, 0.2) is 0 Å². The van der Waals surface area contributed by atoms with Crippen LogP contribution in [0.3, 0.4) is 0 Å². The van der Waals surface area contributed by atoms with E-state index in [0.29, 0.717) is 10.6 Å². The molecule has 29 heavy (non-hydrogen) atoms. The van der Waals surface area contributed by atoms with E-state index in [-0.39, 0.29) is 5.91 Å². The molecule has 0 saturated heterocycles. The minimum absolute atomic E-state index is 0.148. The molecule has 0 aliphatic heterocycles. The van der Waals surface area contributed by atoms with Crippen LogP contribution in [0, 0.1) is 13.8 Å². The molecule has 0 radical (unpaired) electrons. The summed E-state index contributed by atoms with van der Waals surface area (Å²) in [5.41, 5.74) is 6.10. The number of halogens is 1. The molecular weight excluding hydrogens is 384 g/mol. The number of nitrogens with one attached hydrogen (secondary N) is 1. The molecule has 0 fully saturated rings. The van der Waals surface area contributed by atoms with E-state index >= 15 is 0 Å². The fourth-order valence-corrected chi connectivity index (χ4v) is 3.32. The second kappa shape index (κ2) is 7.89. The first-order chi connectivity index (χ1) is 14.0. The molecule has 1 N–H and O–H groups in total. The van der Waals surface area contributed by atoms with E-state index in [9.17, 15) is 4.79 Å². The van der Waals surface area contributed by atoms with Gasteiger partial charge in [0.25, 0.3) is 5.91 Å². The molecule has 3 aromatic carbocycles. The van der Waals surface area contributed by atoms with E-state index in [1.54, 1.807) is 23.0 Å². The molecule has 144 valence electrons. The second-order valence-electron chi connectivity index (χ2n) is 6.81. The number of amides is 1. The fourth-order valence-electron chi connectivity index (χ4n) is 3.19. The molecular formula is C23H19ClN4O. The molecule has 0 spiro atoms. The van der Waals surface area contributed by atoms with E-state index < -0.39 is 0 Å². The number of aromatic nitrogens is 3. The summed E-state index contributed by atoms with van der Waals surface area (Å²) in [5, 5.41) is 11.9. The molecule has 0 atom stereocenters. The summed E-state index contributed by atoms with van der Waals surface area (Å²) in [6.45, 7) is 3.96. The first kappa shape index (κ1) is 18.9. The highest BCUT2D eigenvalue weighted by Gasteiger charge is 2.12. The number of hydrogen-bond donors (Lipinski definition) is 1. The number of rotatable bonds is 4. The molecule has 0 aliphatic rings. The highest BCUT2D eigenvalue weighted by atomic mass is 35.5. The summed E-state index contributed by atoms with van der Waals surface area (Å²) in [6, 6.07) is 20.7. The average Bonchev–Trinajstić information content (AvgIpc) is 3.21. The van der Waals surface area contributed by atoms with Gasteiger partial charge in [0.1, 0.15) is 0 Å². The summed E-state index contributed by atoms with van der Waals surface area (Å²) in [6.07, 6.45) is 1.70. The van der Waals surface area contributed by atoms with Gasteiger partial charge in [-0.05, 0) is 61.4 Å². The van der Waals surface area contributed by atoms with Crippen LogP contribution < -0.4 is 5.32 Å². The molecule has 0 unspecified atom stereocenters. The van der Waals surface area contributed by atoms with Crippen LogP contribution >= 0.6 is 11.6 Å². The van der Waals surface area contributed by atoms with Crippen molar-refractivity contribution in [3.05, 3.63) is 94.6 Å². The molecule has 1 heterocycles. The SMILES string of the molecule is Cc1cccc(C)c1NC(=O)c1ccc(-n2nncc2-c2ccc(Cl)cc2)cc1. The molecule has 4 aromatic rings. The number of carbonyl (C=O) groups is 1. The average molecular weight is 403 g/mol. The highest BCUT2D eigenvalue weighted by Crippen LogP contribution is 2.24. The summed E-state index contributed by atoms with van der Waals surface area (Å²) in [5.74, 6) is -0.148. The minimum Gasteiger partial charge on any atom is -0.322 e. The fraction of sp³-hybridized carbons (Fsp3) is 0.0870. The standard InChI is InChI=1S/C23H19ClN4O/c1-15-4-3-5-16(2)22(15)26-23(29)18-8-12-20(13-9-18)28-21(14-25-27-28)17-6-10-19(24)11-7-17/h3-14H,1-2H3,(H,26,29). The lowest BCUT2D eigenvalue weighted by Gasteiger charge is -2.12. The van der Waals surface area contributed by atoms with Crippen molar-refractivity contribution in [2.45, 2.75) is 13.8 Å². The Kier molecular flexibility index (Phi) is 5.14. The Morgan fingerprint density at radius 1 is 0.931 bits per heavy atom. The van der Waals surface area contributed by atoms with Gasteiger partial charge in [-0.1, -0.05) is 47.1 Å². The van der Waals surface area contributed by atoms with Crippen molar-refractivity contribution in [1.29, 1.82) is 0 Å². The topological polar surface area (TPSA) is 59.8 Å². The van der Waals surface area contributed by atoms with Crippen LogP contribution in [0.2, 0.25) is 5.02 Å². The second-order valence-corrected chi connectivity index (χ2v) is 7.24. The van der Waals surface area contributed by atoms with Crippen molar-refractivity contribution in [3.63, 3.8) is 0 Å². The number of anilines is 1. The Morgan fingerprint density at radius 3 is 2.24 bits per heavy atom. The van der Waals surface area contributed by atoms with Crippen molar-refractivity contribution < 1.29 is 4.79 Å². The van der Waals surface area contributed by atoms with Crippen LogP contribution in [0.15, 0.2) is 72.9 Å². The number of nitrogens with zero attached hydrogens (tertiary/aromatic N) is 3. The van der Waals surface area contributed by atoms with Gasteiger partial charge in [0.05, 0.1) is 17.6 Å². The largest absolute Gasteiger partial charge is 0.322 e. The van der Waals surface area contributed by atoms with E-state index in [1.165, 1.54) is 0 Å². The third-order valence-electron chi connectivity index (χ3n) is 4.78. The van der Waals surface area contributed by atoms with Crippen molar-refractivity contribution in [1.82, 2.24) is 15.0 Å². The zero-order valence-electron chi connectivity index (χ0n) is 16.1. The van der Waals surface area contributed by atoms with Crippen LogP contribution in [-0.2, 0) is 0 Å². The number of benzene rings is 3. The summed E-state index contributed by atoms with van der Waals surface area (Å²) >= 11 is 5.98. The Hall–Kier alpha value is -3.44. The minimum atomic E-state index is -0.148. The van der Waals surface area contributed by atoms with Gasteiger partial charge in [0.2, 0.25) is 0 Å². The van der Waals surface area contributed by atoms with Crippen molar-refractivity contribution in [3.8, 4) is 16.9 Å². The maximum Gasteiger partial charge on any atom is 0.255 e. The Bertz CT molecular complexity index is 1140. The number of carbonyl (C=O) groups excluding carboxylic acids is 1. The molecule has 0 aliphatic carbocycles. The lowest BCUT2D eigenvalue weighted by Crippen LogP contribution is -2.14. The van der Waals surface area contributed by atoms with E-state index in [0.717, 1.165) is 33.8 Å². The van der Waals surface area contributed by atoms with Crippen LogP contribution in [0.1, 0.15) is 21.5 Å². The summed E-state index contributed by atoms with van der Waals surface area (Å²) in [7, 11) is 0. The van der Waals surface area contributed by atoms with Gasteiger partial charge < -0.3 is 5.32 Å². The van der Waals surface area contributed by atoms with Gasteiger partial charge in [-0.25, -0.2) is 4.68 Å². The molecule has 0 saturated carbocycles. The van der Waals surface area contributed by atoms with Crippen molar-refractivity contribution >= 4 is 23.2 Å². The lowest BCUT2D eigenvalue weighted by molar-refractivity contribution is 0.102. The first-order valence-corrected chi connectivity index (χ1v) is 9.55. The van der Waals surface area contributed by atoms with Crippen molar-refractivity contribution in [2.75, 3.05) is 5.32 Å². The van der Waals surface area contributed by atoms with E-state index in [1.807, 2.05) is 68.4 Å². The molecule has 4 rings (SSSR count). The van der Waals surface area contributed by atoms with Crippen LogP contribution in [-0.4, -0.2) is 20.9 Å². The molecule has 0 bridgehead atoms. The van der Waals surface area contributed by atoms with Gasteiger partial charge in [-0.2, -0.15) is 0 Å². The van der Waals surface area contributed by atoms with Gasteiger partial charge in [-0.3, -0.25) is 4.79 Å². The molecule has 1 aromatic heterocycles. The molecule has 5 nitrogen and oxygen atoms in total. The maximum absolute atomic E-state index is 12.7. The first-order valence-electron chi connectivity index (χ1n) is 9.17. The Morgan fingerprint density at radius 2 is 1.59 bits per heavy atom. The highest BCUT2D eigenvalue weighted by molar-refractivity contribution is 6.30. The normalized spacial score (nSPS) is 10.7. The number of aryl methyl sites for hydroxylation is 2. The van der Waals surface area contributed by atoms with Crippen LogP contribution in [0.4, 0.5) is 5.69 Å². The predicted molar refractivity (Wildman–Crippen MR) is 116 cm³/mol. The maximum atomic E-state index is 12.7. The third kappa shape index (κ3) is 3.91. The predicted octanol–water partition coefficient (Wildman–Crippen LogP) is 5.46. The Balaban J connectivity index is 1.58. The van der Waals surface area contributed by atoms with Gasteiger partial charge >= 0.3 is 0 Å². The van der Waals surface area contributed by atoms with Crippen LogP contribution in [0.25, 0.3) is 16.9 Å². The Labute approximate surface area is 174 Å². The van der Waals surface area contributed by atoms with Crippen molar-refractivity contribution in [2.24, 2.45) is 0 Å². The summed E-state index contributed by atoms with van der Waals surface area (Å²) < 4.78 is 1.73.